The third kappa shape index (κ3) is 2.86. The first-order chi connectivity index (χ1) is 12.6. The number of aromatic nitrogens is 1. The lowest BCUT2D eigenvalue weighted by Gasteiger charge is -2.06. The van der Waals surface area contributed by atoms with Crippen molar-refractivity contribution in [1.29, 1.82) is 0 Å². The molecule has 0 spiro atoms. The van der Waals surface area contributed by atoms with Crippen LogP contribution in [0.3, 0.4) is 0 Å². The molecule has 0 radical (unpaired) electrons. The van der Waals surface area contributed by atoms with E-state index in [2.05, 4.69) is 39.0 Å². The van der Waals surface area contributed by atoms with E-state index in [-0.39, 0.29) is 5.63 Å². The average Bonchev–Trinajstić information content (AvgIpc) is 3.05. The summed E-state index contributed by atoms with van der Waals surface area (Å²) in [5, 5.41) is 1.62. The summed E-state index contributed by atoms with van der Waals surface area (Å²) in [7, 11) is 0. The fourth-order valence-electron chi connectivity index (χ4n) is 3.21. The van der Waals surface area contributed by atoms with E-state index in [1.54, 1.807) is 17.4 Å². The van der Waals surface area contributed by atoms with E-state index in [1.165, 1.54) is 16.0 Å². The predicted octanol–water partition coefficient (Wildman–Crippen LogP) is 5.76. The monoisotopic (exact) mass is 361 g/mol. The lowest BCUT2D eigenvalue weighted by molar-refractivity contribution is 0.563. The molecular formula is C22H19NO2S. The van der Waals surface area contributed by atoms with Crippen LogP contribution in [-0.2, 0) is 6.42 Å². The predicted molar refractivity (Wildman–Crippen MR) is 108 cm³/mol. The van der Waals surface area contributed by atoms with Crippen molar-refractivity contribution in [3.63, 3.8) is 0 Å². The molecule has 0 aliphatic carbocycles. The van der Waals surface area contributed by atoms with Gasteiger partial charge in [-0.3, -0.25) is 0 Å². The molecule has 0 amide bonds. The van der Waals surface area contributed by atoms with Crippen LogP contribution in [0.4, 0.5) is 0 Å². The van der Waals surface area contributed by atoms with Crippen LogP contribution < -0.4 is 5.63 Å². The Morgan fingerprint density at radius 1 is 1.04 bits per heavy atom. The summed E-state index contributed by atoms with van der Waals surface area (Å²) in [6.07, 6.45) is 0.874. The van der Waals surface area contributed by atoms with Crippen LogP contribution in [0.5, 0.6) is 0 Å². The lowest BCUT2D eigenvalue weighted by Crippen LogP contribution is -2.02. The Labute approximate surface area is 156 Å². The van der Waals surface area contributed by atoms with E-state index in [0.29, 0.717) is 11.1 Å². The topological polar surface area (TPSA) is 43.1 Å². The molecule has 0 unspecified atom stereocenters. The summed E-state index contributed by atoms with van der Waals surface area (Å²) in [5.41, 5.74) is 5.31. The molecule has 0 saturated carbocycles. The van der Waals surface area contributed by atoms with Gasteiger partial charge in [-0.15, -0.1) is 11.3 Å². The summed E-state index contributed by atoms with van der Waals surface area (Å²) in [6.45, 7) is 6.31. The Hall–Kier alpha value is -2.72. The van der Waals surface area contributed by atoms with Crippen LogP contribution in [0, 0.1) is 13.8 Å². The van der Waals surface area contributed by atoms with Crippen molar-refractivity contribution in [3.8, 4) is 21.8 Å². The molecule has 0 aliphatic rings. The lowest BCUT2D eigenvalue weighted by atomic mass is 10.0. The zero-order valence-corrected chi connectivity index (χ0v) is 15.8. The Morgan fingerprint density at radius 3 is 2.62 bits per heavy atom. The smallest absolute Gasteiger partial charge is 0.346 e. The summed E-state index contributed by atoms with van der Waals surface area (Å²) in [5.74, 6) is 0. The van der Waals surface area contributed by atoms with Crippen molar-refractivity contribution in [3.05, 3.63) is 75.0 Å². The standard InChI is InChI=1S/C22H19NO2S/c1-4-19-20(16-10-9-13(2)11-14(16)3)23-21(26-19)17-12-15-7-5-6-8-18(15)25-22(17)24/h5-12H,4H2,1-3H3. The van der Waals surface area contributed by atoms with Crippen LogP contribution in [0.15, 0.2) is 57.7 Å². The quantitative estimate of drug-likeness (QED) is 0.436. The van der Waals surface area contributed by atoms with Crippen molar-refractivity contribution in [2.45, 2.75) is 27.2 Å². The van der Waals surface area contributed by atoms with Crippen LogP contribution in [0.1, 0.15) is 22.9 Å². The first-order valence-electron chi connectivity index (χ1n) is 8.67. The number of hydrogen-bond acceptors (Lipinski definition) is 4. The highest BCUT2D eigenvalue weighted by molar-refractivity contribution is 7.15. The fourth-order valence-corrected chi connectivity index (χ4v) is 4.23. The Balaban J connectivity index is 1.90. The number of nitrogens with zero attached hydrogens (tertiary/aromatic N) is 1. The molecule has 4 aromatic rings. The minimum Gasteiger partial charge on any atom is -0.422 e. The van der Waals surface area contributed by atoms with E-state index in [1.807, 2.05) is 24.3 Å². The second-order valence-electron chi connectivity index (χ2n) is 6.45. The summed E-state index contributed by atoms with van der Waals surface area (Å²) in [4.78, 5) is 18.5. The largest absolute Gasteiger partial charge is 0.422 e. The summed E-state index contributed by atoms with van der Waals surface area (Å²) < 4.78 is 5.49. The van der Waals surface area contributed by atoms with Gasteiger partial charge in [-0.25, -0.2) is 9.78 Å². The summed E-state index contributed by atoms with van der Waals surface area (Å²) >= 11 is 1.57. The van der Waals surface area contributed by atoms with Gasteiger partial charge in [0.05, 0.1) is 11.3 Å². The van der Waals surface area contributed by atoms with Crippen molar-refractivity contribution >= 4 is 22.3 Å². The van der Waals surface area contributed by atoms with Crippen molar-refractivity contribution in [2.75, 3.05) is 0 Å². The average molecular weight is 361 g/mol. The van der Waals surface area contributed by atoms with Gasteiger partial charge in [0, 0.05) is 15.8 Å². The van der Waals surface area contributed by atoms with Crippen molar-refractivity contribution in [1.82, 2.24) is 4.98 Å². The minimum absolute atomic E-state index is 0.340. The van der Waals surface area contributed by atoms with Crippen molar-refractivity contribution < 1.29 is 4.42 Å². The van der Waals surface area contributed by atoms with Crippen molar-refractivity contribution in [2.24, 2.45) is 0 Å². The molecule has 2 aromatic heterocycles. The molecular weight excluding hydrogens is 342 g/mol. The van der Waals surface area contributed by atoms with Gasteiger partial charge < -0.3 is 4.42 Å². The van der Waals surface area contributed by atoms with Gasteiger partial charge in [-0.2, -0.15) is 0 Å². The molecule has 0 bridgehead atoms. The van der Waals surface area contributed by atoms with Crippen LogP contribution >= 0.6 is 11.3 Å². The van der Waals surface area contributed by atoms with Gasteiger partial charge in [0.25, 0.3) is 0 Å². The number of para-hydroxylation sites is 1. The number of benzene rings is 2. The van der Waals surface area contributed by atoms with Crippen LogP contribution in [0.25, 0.3) is 32.8 Å². The zero-order chi connectivity index (χ0) is 18.3. The molecule has 2 heterocycles. The second-order valence-corrected chi connectivity index (χ2v) is 7.53. The highest BCUT2D eigenvalue weighted by Crippen LogP contribution is 2.35. The van der Waals surface area contributed by atoms with E-state index >= 15 is 0 Å². The zero-order valence-electron chi connectivity index (χ0n) is 15.0. The van der Waals surface area contributed by atoms with E-state index in [9.17, 15) is 4.79 Å². The van der Waals surface area contributed by atoms with Gasteiger partial charge in [0.2, 0.25) is 0 Å². The number of rotatable bonds is 3. The van der Waals surface area contributed by atoms with E-state index in [4.69, 9.17) is 9.40 Å². The molecule has 3 nitrogen and oxygen atoms in total. The Bertz CT molecular complexity index is 1170. The molecule has 0 saturated heterocycles. The molecule has 4 rings (SSSR count). The molecule has 0 atom stereocenters. The Kier molecular flexibility index (Phi) is 4.21. The molecule has 0 aliphatic heterocycles. The SMILES string of the molecule is CCc1sc(-c2cc3ccccc3oc2=O)nc1-c1ccc(C)cc1C. The molecule has 4 heteroatoms. The highest BCUT2D eigenvalue weighted by Gasteiger charge is 2.18. The molecule has 26 heavy (non-hydrogen) atoms. The van der Waals surface area contributed by atoms with Gasteiger partial charge in [-0.05, 0) is 38.0 Å². The number of aryl methyl sites for hydroxylation is 3. The minimum atomic E-state index is -0.340. The maximum Gasteiger partial charge on any atom is 0.346 e. The van der Waals surface area contributed by atoms with Gasteiger partial charge in [-0.1, -0.05) is 48.9 Å². The van der Waals surface area contributed by atoms with Gasteiger partial charge in [0.1, 0.15) is 10.6 Å². The second kappa shape index (κ2) is 6.54. The van der Waals surface area contributed by atoms with Gasteiger partial charge >= 0.3 is 5.63 Å². The number of fused-ring (bicyclic) bond motifs is 1. The number of hydrogen-bond donors (Lipinski definition) is 0. The van der Waals surface area contributed by atoms with E-state index in [0.717, 1.165) is 28.1 Å². The van der Waals surface area contributed by atoms with Crippen LogP contribution in [-0.4, -0.2) is 4.98 Å². The Morgan fingerprint density at radius 2 is 1.85 bits per heavy atom. The third-order valence-electron chi connectivity index (χ3n) is 4.53. The molecule has 0 N–H and O–H groups in total. The maximum atomic E-state index is 12.5. The van der Waals surface area contributed by atoms with E-state index < -0.39 is 0 Å². The fraction of sp³-hybridized carbons (Fsp3) is 0.182. The highest BCUT2D eigenvalue weighted by atomic mass is 32.1. The van der Waals surface area contributed by atoms with Gasteiger partial charge in [0.15, 0.2) is 0 Å². The number of thiazole rings is 1. The molecule has 2 aromatic carbocycles. The normalized spacial score (nSPS) is 11.2. The summed E-state index contributed by atoms with van der Waals surface area (Å²) in [6, 6.07) is 15.8. The van der Waals surface area contributed by atoms with Crippen LogP contribution in [0.2, 0.25) is 0 Å². The third-order valence-corrected chi connectivity index (χ3v) is 5.76. The maximum absolute atomic E-state index is 12.5. The molecule has 130 valence electrons. The first-order valence-corrected chi connectivity index (χ1v) is 9.49. The molecule has 0 fully saturated rings. The first kappa shape index (κ1) is 16.7.